The molecule has 1 heterocycles. The highest BCUT2D eigenvalue weighted by Gasteiger charge is 2.19. The van der Waals surface area contributed by atoms with Gasteiger partial charge in [-0.2, -0.15) is 0 Å². The van der Waals surface area contributed by atoms with Crippen molar-refractivity contribution in [1.82, 2.24) is 14.8 Å². The van der Waals surface area contributed by atoms with E-state index < -0.39 is 0 Å². The Balaban J connectivity index is 1.62. The van der Waals surface area contributed by atoms with E-state index in [1.807, 2.05) is 55.7 Å². The zero-order valence-electron chi connectivity index (χ0n) is 18.2. The molecular formula is C23H27IN4O2S. The minimum atomic E-state index is -0.252. The van der Waals surface area contributed by atoms with E-state index in [1.54, 1.807) is 0 Å². The van der Waals surface area contributed by atoms with Gasteiger partial charge in [-0.05, 0) is 91.2 Å². The van der Waals surface area contributed by atoms with Crippen LogP contribution in [0, 0.1) is 10.5 Å². The average Bonchev–Trinajstić information content (AvgIpc) is 3.18. The van der Waals surface area contributed by atoms with Gasteiger partial charge in [-0.15, -0.1) is 10.2 Å². The third-order valence-corrected chi connectivity index (χ3v) is 6.50. The predicted octanol–water partition coefficient (Wildman–Crippen LogP) is 5.64. The predicted molar refractivity (Wildman–Crippen MR) is 134 cm³/mol. The molecule has 6 nitrogen and oxygen atoms in total. The molecule has 0 bridgehead atoms. The van der Waals surface area contributed by atoms with Crippen LogP contribution in [0.25, 0.3) is 0 Å². The zero-order chi connectivity index (χ0) is 22.4. The Morgan fingerprint density at radius 1 is 1.19 bits per heavy atom. The molecule has 8 heteroatoms. The molecule has 0 spiro atoms. The first-order chi connectivity index (χ1) is 14.9. The molecule has 0 fully saturated rings. The van der Waals surface area contributed by atoms with Crippen LogP contribution in [0.5, 0.6) is 5.75 Å². The number of amides is 1. The van der Waals surface area contributed by atoms with Crippen molar-refractivity contribution in [3.8, 4) is 5.75 Å². The molecular weight excluding hydrogens is 523 g/mol. The summed E-state index contributed by atoms with van der Waals surface area (Å²) in [5.41, 5.74) is 3.15. The van der Waals surface area contributed by atoms with Gasteiger partial charge in [0.2, 0.25) is 5.91 Å². The molecule has 1 atom stereocenters. The second-order valence-electron chi connectivity index (χ2n) is 7.14. The summed E-state index contributed by atoms with van der Waals surface area (Å²) in [6, 6.07) is 14.1. The van der Waals surface area contributed by atoms with Crippen molar-refractivity contribution in [2.45, 2.75) is 51.9 Å². The molecule has 3 rings (SSSR count). The summed E-state index contributed by atoms with van der Waals surface area (Å²) in [6.45, 7) is 8.82. The number of thioether (sulfide) groups is 1. The quantitative estimate of drug-likeness (QED) is 0.276. The normalized spacial score (nSPS) is 11.9. The highest BCUT2D eigenvalue weighted by atomic mass is 127. The Morgan fingerprint density at radius 2 is 1.94 bits per heavy atom. The number of nitrogens with zero attached hydrogens (tertiary/aromatic N) is 3. The number of hydrogen-bond donors (Lipinski definition) is 1. The number of carbonyl (C=O) groups is 1. The second-order valence-corrected chi connectivity index (χ2v) is 9.33. The summed E-state index contributed by atoms with van der Waals surface area (Å²) in [7, 11) is 0. The van der Waals surface area contributed by atoms with Gasteiger partial charge in [0.25, 0.3) is 0 Å². The van der Waals surface area contributed by atoms with E-state index in [0.29, 0.717) is 11.7 Å². The van der Waals surface area contributed by atoms with Crippen molar-refractivity contribution in [2.24, 2.45) is 0 Å². The van der Waals surface area contributed by atoms with E-state index >= 15 is 0 Å². The number of aryl methyl sites for hydroxylation is 2. The smallest absolute Gasteiger partial charge is 0.234 e. The molecule has 31 heavy (non-hydrogen) atoms. The van der Waals surface area contributed by atoms with Gasteiger partial charge < -0.3 is 14.6 Å². The third kappa shape index (κ3) is 6.22. The maximum atomic E-state index is 12.4. The van der Waals surface area contributed by atoms with Crippen LogP contribution >= 0.6 is 34.4 Å². The lowest BCUT2D eigenvalue weighted by molar-refractivity contribution is -0.113. The zero-order valence-corrected chi connectivity index (χ0v) is 21.2. The van der Waals surface area contributed by atoms with E-state index in [9.17, 15) is 4.79 Å². The molecule has 0 unspecified atom stereocenters. The van der Waals surface area contributed by atoms with Gasteiger partial charge in [-0.3, -0.25) is 4.79 Å². The first-order valence-electron chi connectivity index (χ1n) is 10.3. The Hall–Kier alpha value is -2.07. The Bertz CT molecular complexity index is 1040. The lowest BCUT2D eigenvalue weighted by Gasteiger charge is -2.16. The molecule has 1 N–H and O–H groups in total. The fourth-order valence-electron chi connectivity index (χ4n) is 3.15. The van der Waals surface area contributed by atoms with Gasteiger partial charge in [-0.25, -0.2) is 0 Å². The molecule has 2 aromatic carbocycles. The average molecular weight is 550 g/mol. The molecule has 0 saturated heterocycles. The number of carbonyl (C=O) groups excluding carboxylic acids is 1. The maximum absolute atomic E-state index is 12.4. The third-order valence-electron chi connectivity index (χ3n) is 4.86. The Labute approximate surface area is 201 Å². The van der Waals surface area contributed by atoms with Gasteiger partial charge in [0, 0.05) is 15.8 Å². The topological polar surface area (TPSA) is 69.0 Å². The standard InChI is InChI=1S/C23H27IN4O2S/c1-5-17-7-10-19(11-8-17)30-16(4)22-26-27-23(28(22)6-2)31-14-21(29)25-20-12-9-18(24)13-15(20)3/h7-13,16H,5-6,14H2,1-4H3,(H,25,29)/t16-/m0/s1. The highest BCUT2D eigenvalue weighted by molar-refractivity contribution is 14.1. The number of hydrogen-bond acceptors (Lipinski definition) is 5. The fraction of sp³-hybridized carbons (Fsp3) is 0.348. The van der Waals surface area contributed by atoms with Crippen LogP contribution in [-0.2, 0) is 17.8 Å². The first kappa shape index (κ1) is 23.6. The van der Waals surface area contributed by atoms with E-state index in [0.717, 1.165) is 32.8 Å². The Kier molecular flexibility index (Phi) is 8.36. The number of aromatic nitrogens is 3. The van der Waals surface area contributed by atoms with Crippen LogP contribution in [0.3, 0.4) is 0 Å². The summed E-state index contributed by atoms with van der Waals surface area (Å²) in [6.07, 6.45) is 0.745. The highest BCUT2D eigenvalue weighted by Crippen LogP contribution is 2.25. The molecule has 164 valence electrons. The van der Waals surface area contributed by atoms with Gasteiger partial charge in [-0.1, -0.05) is 30.8 Å². The molecule has 1 aromatic heterocycles. The van der Waals surface area contributed by atoms with Crippen LogP contribution in [0.15, 0.2) is 47.6 Å². The van der Waals surface area contributed by atoms with Crippen molar-refractivity contribution in [2.75, 3.05) is 11.1 Å². The van der Waals surface area contributed by atoms with Crippen LogP contribution in [0.1, 0.15) is 43.8 Å². The number of rotatable bonds is 9. The van der Waals surface area contributed by atoms with Gasteiger partial charge in [0.1, 0.15) is 5.75 Å². The van der Waals surface area contributed by atoms with Crippen LogP contribution in [-0.4, -0.2) is 26.4 Å². The fourth-order valence-corrected chi connectivity index (χ4v) is 4.61. The van der Waals surface area contributed by atoms with E-state index in [2.05, 4.69) is 57.2 Å². The van der Waals surface area contributed by atoms with Crippen molar-refractivity contribution < 1.29 is 9.53 Å². The lowest BCUT2D eigenvalue weighted by Crippen LogP contribution is -2.16. The summed E-state index contributed by atoms with van der Waals surface area (Å²) in [5.74, 6) is 1.74. The largest absolute Gasteiger partial charge is 0.483 e. The molecule has 0 saturated carbocycles. The van der Waals surface area contributed by atoms with E-state index in [4.69, 9.17) is 4.74 Å². The van der Waals surface area contributed by atoms with Crippen LogP contribution in [0.2, 0.25) is 0 Å². The van der Waals surface area contributed by atoms with Crippen molar-refractivity contribution in [1.29, 1.82) is 0 Å². The van der Waals surface area contributed by atoms with Gasteiger partial charge in [0.15, 0.2) is 17.1 Å². The second kappa shape index (κ2) is 11.0. The number of ether oxygens (including phenoxy) is 1. The van der Waals surface area contributed by atoms with Gasteiger partial charge in [0.05, 0.1) is 5.75 Å². The molecule has 0 aliphatic heterocycles. The number of benzene rings is 2. The molecule has 3 aromatic rings. The van der Waals surface area contributed by atoms with Crippen molar-refractivity contribution >= 4 is 45.9 Å². The molecule has 0 aliphatic rings. The van der Waals surface area contributed by atoms with E-state index in [1.165, 1.54) is 17.3 Å². The number of nitrogens with one attached hydrogen (secondary N) is 1. The SMILES string of the molecule is CCc1ccc(O[C@@H](C)c2nnc(SCC(=O)Nc3ccc(I)cc3C)n2CC)cc1. The Morgan fingerprint density at radius 3 is 2.58 bits per heavy atom. The van der Waals surface area contributed by atoms with Crippen molar-refractivity contribution in [3.63, 3.8) is 0 Å². The monoisotopic (exact) mass is 550 g/mol. The minimum absolute atomic E-state index is 0.0678. The van der Waals surface area contributed by atoms with Crippen molar-refractivity contribution in [3.05, 3.63) is 63.0 Å². The minimum Gasteiger partial charge on any atom is -0.483 e. The molecule has 1 amide bonds. The van der Waals surface area contributed by atoms with E-state index in [-0.39, 0.29) is 17.8 Å². The van der Waals surface area contributed by atoms with Gasteiger partial charge >= 0.3 is 0 Å². The van der Waals surface area contributed by atoms with Crippen LogP contribution < -0.4 is 10.1 Å². The van der Waals surface area contributed by atoms with Crippen LogP contribution in [0.4, 0.5) is 5.69 Å². The molecule has 0 radical (unpaired) electrons. The summed E-state index contributed by atoms with van der Waals surface area (Å²) >= 11 is 3.64. The summed E-state index contributed by atoms with van der Waals surface area (Å²) in [4.78, 5) is 12.4. The molecule has 0 aliphatic carbocycles. The lowest BCUT2D eigenvalue weighted by atomic mass is 10.2. The number of anilines is 1. The summed E-state index contributed by atoms with van der Waals surface area (Å²) < 4.78 is 9.21. The first-order valence-corrected chi connectivity index (χ1v) is 12.3. The summed E-state index contributed by atoms with van der Waals surface area (Å²) in [5, 5.41) is 12.3. The maximum Gasteiger partial charge on any atom is 0.234 e. The number of halogens is 1.